The zero-order valence-corrected chi connectivity index (χ0v) is 13.2. The van der Waals surface area contributed by atoms with Crippen molar-refractivity contribution in [3.63, 3.8) is 0 Å². The number of anilines is 1. The van der Waals surface area contributed by atoms with E-state index >= 15 is 0 Å². The largest absolute Gasteiger partial charge is 0.494 e. The van der Waals surface area contributed by atoms with Gasteiger partial charge in [-0.1, -0.05) is 27.7 Å². The number of rotatable bonds is 3. The third kappa shape index (κ3) is 3.65. The summed E-state index contributed by atoms with van der Waals surface area (Å²) in [6.07, 6.45) is 3.51. The minimum Gasteiger partial charge on any atom is -0.494 e. The van der Waals surface area contributed by atoms with Crippen LogP contribution in [0.3, 0.4) is 0 Å². The summed E-state index contributed by atoms with van der Waals surface area (Å²) in [4.78, 5) is 0. The highest BCUT2D eigenvalue weighted by atomic mass is 19.1. The first-order valence-corrected chi connectivity index (χ1v) is 7.31. The van der Waals surface area contributed by atoms with Crippen LogP contribution in [0, 0.1) is 16.6 Å². The molecule has 0 radical (unpaired) electrons. The minimum atomic E-state index is -0.317. The summed E-state index contributed by atoms with van der Waals surface area (Å²) in [5, 5.41) is 3.55. The standard InChI is InChI=1S/C17H26FNO/c1-16(2)9-13(10-17(3,4)11-16)19-12-6-7-14(18)15(8-12)20-5/h6-8,13,19H,9-11H2,1-5H3. The Bertz CT molecular complexity index is 466. The molecule has 0 atom stereocenters. The van der Waals surface area contributed by atoms with Crippen molar-refractivity contribution >= 4 is 5.69 Å². The third-order valence-electron chi connectivity index (χ3n) is 4.08. The van der Waals surface area contributed by atoms with Crippen LogP contribution in [0.25, 0.3) is 0 Å². The van der Waals surface area contributed by atoms with E-state index in [4.69, 9.17) is 4.74 Å². The van der Waals surface area contributed by atoms with Gasteiger partial charge in [0, 0.05) is 17.8 Å². The van der Waals surface area contributed by atoms with Gasteiger partial charge in [-0.15, -0.1) is 0 Å². The minimum absolute atomic E-state index is 0.296. The van der Waals surface area contributed by atoms with Crippen LogP contribution in [0.5, 0.6) is 5.75 Å². The summed E-state index contributed by atoms with van der Waals surface area (Å²) in [6, 6.07) is 5.40. The van der Waals surface area contributed by atoms with E-state index in [9.17, 15) is 4.39 Å². The molecule has 20 heavy (non-hydrogen) atoms. The number of hydrogen-bond acceptors (Lipinski definition) is 2. The average Bonchev–Trinajstić information content (AvgIpc) is 2.27. The molecule has 1 fully saturated rings. The number of hydrogen-bond donors (Lipinski definition) is 1. The van der Waals surface area contributed by atoms with Gasteiger partial charge in [-0.3, -0.25) is 0 Å². The second-order valence-electron chi connectivity index (χ2n) is 7.60. The lowest BCUT2D eigenvalue weighted by Crippen LogP contribution is -2.40. The first-order chi connectivity index (χ1) is 9.21. The lowest BCUT2D eigenvalue weighted by molar-refractivity contribution is 0.105. The van der Waals surface area contributed by atoms with E-state index in [1.165, 1.54) is 19.6 Å². The molecule has 0 saturated heterocycles. The lowest BCUT2D eigenvalue weighted by Gasteiger charge is -2.45. The monoisotopic (exact) mass is 279 g/mol. The second-order valence-corrected chi connectivity index (χ2v) is 7.60. The fourth-order valence-corrected chi connectivity index (χ4v) is 3.93. The highest BCUT2D eigenvalue weighted by Gasteiger charge is 2.38. The number of halogens is 1. The van der Waals surface area contributed by atoms with E-state index in [0.29, 0.717) is 22.6 Å². The van der Waals surface area contributed by atoms with E-state index in [2.05, 4.69) is 33.0 Å². The molecule has 1 aliphatic carbocycles. The van der Waals surface area contributed by atoms with Crippen molar-refractivity contribution < 1.29 is 9.13 Å². The van der Waals surface area contributed by atoms with Crippen LogP contribution in [-0.4, -0.2) is 13.2 Å². The number of ether oxygens (including phenoxy) is 1. The van der Waals surface area contributed by atoms with E-state index in [-0.39, 0.29) is 5.82 Å². The van der Waals surface area contributed by atoms with Crippen molar-refractivity contribution in [2.45, 2.75) is 53.0 Å². The van der Waals surface area contributed by atoms with Crippen LogP contribution in [0.2, 0.25) is 0 Å². The van der Waals surface area contributed by atoms with Crippen LogP contribution in [0.1, 0.15) is 47.0 Å². The van der Waals surface area contributed by atoms with Crippen LogP contribution in [0.4, 0.5) is 10.1 Å². The SMILES string of the molecule is COc1cc(NC2CC(C)(C)CC(C)(C)C2)ccc1F. The van der Waals surface area contributed by atoms with Gasteiger partial charge in [-0.05, 0) is 42.2 Å². The predicted octanol–water partition coefficient (Wildman–Crippen LogP) is 4.85. The molecule has 0 bridgehead atoms. The fraction of sp³-hybridized carbons (Fsp3) is 0.647. The van der Waals surface area contributed by atoms with Crippen molar-refractivity contribution in [3.05, 3.63) is 24.0 Å². The van der Waals surface area contributed by atoms with Crippen molar-refractivity contribution in [1.29, 1.82) is 0 Å². The van der Waals surface area contributed by atoms with Crippen LogP contribution < -0.4 is 10.1 Å². The van der Waals surface area contributed by atoms with Crippen molar-refractivity contribution in [2.24, 2.45) is 10.8 Å². The molecule has 0 amide bonds. The number of methoxy groups -OCH3 is 1. The maximum atomic E-state index is 13.4. The van der Waals surface area contributed by atoms with E-state index < -0.39 is 0 Å². The second kappa shape index (κ2) is 5.27. The van der Waals surface area contributed by atoms with Crippen molar-refractivity contribution in [1.82, 2.24) is 0 Å². The molecule has 1 N–H and O–H groups in total. The van der Waals surface area contributed by atoms with Crippen molar-refractivity contribution in [3.8, 4) is 5.75 Å². The molecule has 2 nitrogen and oxygen atoms in total. The normalized spacial score (nSPS) is 21.5. The van der Waals surface area contributed by atoms with Gasteiger partial charge < -0.3 is 10.1 Å². The predicted molar refractivity (Wildman–Crippen MR) is 81.8 cm³/mol. The van der Waals surface area contributed by atoms with Gasteiger partial charge in [0.2, 0.25) is 0 Å². The van der Waals surface area contributed by atoms with Crippen LogP contribution >= 0.6 is 0 Å². The molecule has 1 aromatic rings. The maximum Gasteiger partial charge on any atom is 0.165 e. The summed E-state index contributed by atoms with van der Waals surface area (Å²) in [6.45, 7) is 9.31. The smallest absolute Gasteiger partial charge is 0.165 e. The lowest BCUT2D eigenvalue weighted by atomic mass is 9.63. The summed E-state index contributed by atoms with van der Waals surface area (Å²) in [7, 11) is 1.50. The van der Waals surface area contributed by atoms with Gasteiger partial charge in [0.05, 0.1) is 7.11 Å². The number of nitrogens with one attached hydrogen (secondary N) is 1. The van der Waals surface area contributed by atoms with E-state index in [0.717, 1.165) is 18.5 Å². The van der Waals surface area contributed by atoms with Gasteiger partial charge in [0.25, 0.3) is 0 Å². The molecular weight excluding hydrogens is 253 g/mol. The Kier molecular flexibility index (Phi) is 3.99. The number of benzene rings is 1. The fourth-order valence-electron chi connectivity index (χ4n) is 3.93. The quantitative estimate of drug-likeness (QED) is 0.854. The summed E-state index contributed by atoms with van der Waals surface area (Å²) in [5.74, 6) is -0.0216. The maximum absolute atomic E-state index is 13.4. The topological polar surface area (TPSA) is 21.3 Å². The molecule has 0 aliphatic heterocycles. The first-order valence-electron chi connectivity index (χ1n) is 7.31. The Morgan fingerprint density at radius 2 is 1.75 bits per heavy atom. The molecule has 0 aromatic heterocycles. The van der Waals surface area contributed by atoms with Gasteiger partial charge in [-0.25, -0.2) is 4.39 Å². The van der Waals surface area contributed by atoms with Crippen LogP contribution in [0.15, 0.2) is 18.2 Å². The molecular formula is C17H26FNO. The molecule has 112 valence electrons. The molecule has 0 heterocycles. The molecule has 3 heteroatoms. The van der Waals surface area contributed by atoms with E-state index in [1.807, 2.05) is 0 Å². The Labute approximate surface area is 121 Å². The molecule has 1 saturated carbocycles. The Balaban J connectivity index is 2.13. The van der Waals surface area contributed by atoms with Gasteiger partial charge >= 0.3 is 0 Å². The molecule has 1 aromatic carbocycles. The zero-order valence-electron chi connectivity index (χ0n) is 13.2. The van der Waals surface area contributed by atoms with E-state index in [1.54, 1.807) is 12.1 Å². The molecule has 0 unspecified atom stereocenters. The molecule has 1 aliphatic rings. The summed E-state index contributed by atoms with van der Waals surface area (Å²) >= 11 is 0. The molecule has 0 spiro atoms. The first kappa shape index (κ1) is 15.1. The zero-order chi connectivity index (χ0) is 15.0. The van der Waals surface area contributed by atoms with Gasteiger partial charge in [-0.2, -0.15) is 0 Å². The Morgan fingerprint density at radius 3 is 2.30 bits per heavy atom. The Hall–Kier alpha value is -1.25. The van der Waals surface area contributed by atoms with Crippen LogP contribution in [-0.2, 0) is 0 Å². The Morgan fingerprint density at radius 1 is 1.15 bits per heavy atom. The highest BCUT2D eigenvalue weighted by molar-refractivity contribution is 5.49. The average molecular weight is 279 g/mol. The molecule has 2 rings (SSSR count). The summed E-state index contributed by atoms with van der Waals surface area (Å²) in [5.41, 5.74) is 1.61. The highest BCUT2D eigenvalue weighted by Crippen LogP contribution is 2.46. The third-order valence-corrected chi connectivity index (χ3v) is 4.08. The van der Waals surface area contributed by atoms with Gasteiger partial charge in [0.1, 0.15) is 0 Å². The van der Waals surface area contributed by atoms with Crippen molar-refractivity contribution in [2.75, 3.05) is 12.4 Å². The summed E-state index contributed by atoms with van der Waals surface area (Å²) < 4.78 is 18.5. The van der Waals surface area contributed by atoms with Gasteiger partial charge in [0.15, 0.2) is 11.6 Å².